The van der Waals surface area contributed by atoms with Gasteiger partial charge >= 0.3 is 0 Å². The quantitative estimate of drug-likeness (QED) is 0.526. The van der Waals surface area contributed by atoms with E-state index in [0.29, 0.717) is 16.9 Å². The molecular formula is C26H27N3O4S. The Morgan fingerprint density at radius 3 is 2.26 bits per heavy atom. The summed E-state index contributed by atoms with van der Waals surface area (Å²) in [5.74, 6) is -0.732. The average Bonchev–Trinajstić information content (AvgIpc) is 3.37. The van der Waals surface area contributed by atoms with Gasteiger partial charge in [-0.25, -0.2) is 8.42 Å². The Morgan fingerprint density at radius 2 is 1.53 bits per heavy atom. The molecule has 1 fully saturated rings. The summed E-state index contributed by atoms with van der Waals surface area (Å²) in [5, 5.41) is 5.79. The smallest absolute Gasteiger partial charge is 0.264 e. The van der Waals surface area contributed by atoms with Crippen molar-refractivity contribution in [3.63, 3.8) is 0 Å². The molecule has 0 unspecified atom stereocenters. The SMILES string of the molecule is CN(c1ccccc1)S(=O)(=O)c1cccc(C(=O)Nc2ccccc2C(=O)NC2CCCC2)c1. The fraction of sp³-hybridized carbons (Fsp3) is 0.231. The molecule has 1 aliphatic carbocycles. The third kappa shape index (κ3) is 5.12. The highest BCUT2D eigenvalue weighted by Crippen LogP contribution is 2.24. The number of carbonyl (C=O) groups excluding carboxylic acids is 2. The Balaban J connectivity index is 1.54. The van der Waals surface area contributed by atoms with Crippen LogP contribution in [0.15, 0.2) is 83.8 Å². The summed E-state index contributed by atoms with van der Waals surface area (Å²) < 4.78 is 27.4. The molecule has 34 heavy (non-hydrogen) atoms. The third-order valence-electron chi connectivity index (χ3n) is 5.98. The van der Waals surface area contributed by atoms with Crippen LogP contribution in [0.5, 0.6) is 0 Å². The number of nitrogens with zero attached hydrogens (tertiary/aromatic N) is 1. The maximum absolute atomic E-state index is 13.1. The summed E-state index contributed by atoms with van der Waals surface area (Å²) in [6.07, 6.45) is 4.11. The van der Waals surface area contributed by atoms with Gasteiger partial charge in [0, 0.05) is 18.7 Å². The molecule has 0 aromatic heterocycles. The second-order valence-corrected chi connectivity index (χ2v) is 10.3. The van der Waals surface area contributed by atoms with E-state index in [9.17, 15) is 18.0 Å². The molecule has 3 aromatic rings. The average molecular weight is 478 g/mol. The minimum absolute atomic E-state index is 0.00114. The first-order valence-corrected chi connectivity index (χ1v) is 12.7. The summed E-state index contributed by atoms with van der Waals surface area (Å²) in [6, 6.07) is 21.5. The lowest BCUT2D eigenvalue weighted by Crippen LogP contribution is -2.33. The van der Waals surface area contributed by atoms with Crippen LogP contribution in [0.3, 0.4) is 0 Å². The molecule has 0 atom stereocenters. The molecule has 7 nitrogen and oxygen atoms in total. The molecule has 2 amide bonds. The highest BCUT2D eigenvalue weighted by atomic mass is 32.2. The van der Waals surface area contributed by atoms with E-state index >= 15 is 0 Å². The Morgan fingerprint density at radius 1 is 0.853 bits per heavy atom. The van der Waals surface area contributed by atoms with E-state index in [2.05, 4.69) is 10.6 Å². The van der Waals surface area contributed by atoms with Crippen molar-refractivity contribution < 1.29 is 18.0 Å². The van der Waals surface area contributed by atoms with Crippen molar-refractivity contribution in [1.29, 1.82) is 0 Å². The lowest BCUT2D eigenvalue weighted by Gasteiger charge is -2.20. The zero-order valence-electron chi connectivity index (χ0n) is 18.9. The van der Waals surface area contributed by atoms with Gasteiger partial charge in [0.25, 0.3) is 21.8 Å². The largest absolute Gasteiger partial charge is 0.349 e. The molecule has 0 heterocycles. The van der Waals surface area contributed by atoms with E-state index in [1.54, 1.807) is 54.6 Å². The molecule has 2 N–H and O–H groups in total. The fourth-order valence-electron chi connectivity index (χ4n) is 4.05. The van der Waals surface area contributed by atoms with E-state index in [-0.39, 0.29) is 22.4 Å². The highest BCUT2D eigenvalue weighted by molar-refractivity contribution is 7.92. The molecule has 0 saturated heterocycles. The minimum Gasteiger partial charge on any atom is -0.349 e. The van der Waals surface area contributed by atoms with Crippen molar-refractivity contribution in [2.24, 2.45) is 0 Å². The van der Waals surface area contributed by atoms with E-state index in [1.165, 1.54) is 35.6 Å². The standard InChI is InChI=1S/C26H27N3O4S/c1-29(21-13-3-2-4-14-21)34(32,33)22-15-9-10-19(18-22)25(30)28-24-17-8-7-16-23(24)26(31)27-20-11-5-6-12-20/h2-4,7-10,13-18,20H,5-6,11-12H2,1H3,(H,27,31)(H,28,30). The van der Waals surface area contributed by atoms with Crippen LogP contribution in [0.2, 0.25) is 0 Å². The number of nitrogens with one attached hydrogen (secondary N) is 2. The first kappa shape index (κ1) is 23.5. The van der Waals surface area contributed by atoms with Crippen molar-refractivity contribution in [3.05, 3.63) is 90.0 Å². The molecule has 176 valence electrons. The topological polar surface area (TPSA) is 95.6 Å². The van der Waals surface area contributed by atoms with Gasteiger partial charge < -0.3 is 10.6 Å². The van der Waals surface area contributed by atoms with Crippen molar-refractivity contribution >= 4 is 33.2 Å². The zero-order valence-corrected chi connectivity index (χ0v) is 19.7. The van der Waals surface area contributed by atoms with E-state index in [4.69, 9.17) is 0 Å². The predicted octanol–water partition coefficient (Wildman–Crippen LogP) is 4.44. The van der Waals surface area contributed by atoms with Gasteiger partial charge in [-0.1, -0.05) is 49.2 Å². The van der Waals surface area contributed by atoms with Gasteiger partial charge in [0.1, 0.15) is 0 Å². The Hall–Kier alpha value is -3.65. The molecule has 0 radical (unpaired) electrons. The summed E-state index contributed by atoms with van der Waals surface area (Å²) in [4.78, 5) is 25.8. The van der Waals surface area contributed by atoms with Gasteiger partial charge in [0.2, 0.25) is 0 Å². The van der Waals surface area contributed by atoms with Crippen molar-refractivity contribution in [2.75, 3.05) is 16.7 Å². The van der Waals surface area contributed by atoms with Crippen molar-refractivity contribution in [2.45, 2.75) is 36.6 Å². The van der Waals surface area contributed by atoms with Crippen LogP contribution in [0, 0.1) is 0 Å². The zero-order chi connectivity index (χ0) is 24.1. The first-order chi connectivity index (χ1) is 16.4. The third-order valence-corrected chi connectivity index (χ3v) is 7.77. The molecule has 0 bridgehead atoms. The molecular weight excluding hydrogens is 450 g/mol. The maximum Gasteiger partial charge on any atom is 0.264 e. The lowest BCUT2D eigenvalue weighted by atomic mass is 10.1. The second kappa shape index (κ2) is 10.1. The lowest BCUT2D eigenvalue weighted by molar-refractivity contribution is 0.0938. The van der Waals surface area contributed by atoms with Crippen LogP contribution in [-0.4, -0.2) is 33.3 Å². The van der Waals surface area contributed by atoms with E-state index < -0.39 is 15.9 Å². The van der Waals surface area contributed by atoms with E-state index in [0.717, 1.165) is 25.7 Å². The number of rotatable bonds is 7. The molecule has 3 aromatic carbocycles. The first-order valence-electron chi connectivity index (χ1n) is 11.2. The summed E-state index contributed by atoms with van der Waals surface area (Å²) in [7, 11) is -2.40. The van der Waals surface area contributed by atoms with Crippen LogP contribution in [0.25, 0.3) is 0 Å². The Kier molecular flexibility index (Phi) is 6.98. The fourth-order valence-corrected chi connectivity index (χ4v) is 5.29. The number of hydrogen-bond acceptors (Lipinski definition) is 4. The second-order valence-electron chi connectivity index (χ2n) is 8.29. The molecule has 8 heteroatoms. The Bertz CT molecular complexity index is 1290. The summed E-state index contributed by atoms with van der Waals surface area (Å²) in [6.45, 7) is 0. The van der Waals surface area contributed by atoms with Crippen LogP contribution < -0.4 is 14.9 Å². The van der Waals surface area contributed by atoms with Crippen LogP contribution in [0.1, 0.15) is 46.4 Å². The summed E-state index contributed by atoms with van der Waals surface area (Å²) in [5.41, 5.74) is 1.43. The van der Waals surface area contributed by atoms with Crippen LogP contribution in [0.4, 0.5) is 11.4 Å². The number of amides is 2. The van der Waals surface area contributed by atoms with Crippen molar-refractivity contribution in [1.82, 2.24) is 5.32 Å². The van der Waals surface area contributed by atoms with Gasteiger partial charge in [-0.2, -0.15) is 0 Å². The number of sulfonamides is 1. The summed E-state index contributed by atoms with van der Waals surface area (Å²) >= 11 is 0. The molecule has 1 saturated carbocycles. The van der Waals surface area contributed by atoms with Gasteiger partial charge in [-0.3, -0.25) is 13.9 Å². The van der Waals surface area contributed by atoms with Crippen molar-refractivity contribution in [3.8, 4) is 0 Å². The maximum atomic E-state index is 13.1. The number of carbonyl (C=O) groups is 2. The number of para-hydroxylation sites is 2. The molecule has 0 aliphatic heterocycles. The molecule has 1 aliphatic rings. The van der Waals surface area contributed by atoms with E-state index in [1.807, 2.05) is 0 Å². The molecule has 0 spiro atoms. The highest BCUT2D eigenvalue weighted by Gasteiger charge is 2.23. The number of anilines is 2. The number of benzene rings is 3. The van der Waals surface area contributed by atoms with Gasteiger partial charge in [-0.05, 0) is 55.3 Å². The van der Waals surface area contributed by atoms with Gasteiger partial charge in [0.05, 0.1) is 21.8 Å². The predicted molar refractivity (Wildman–Crippen MR) is 133 cm³/mol. The molecule has 4 rings (SSSR count). The van der Waals surface area contributed by atoms with Crippen LogP contribution >= 0.6 is 0 Å². The monoisotopic (exact) mass is 477 g/mol. The number of hydrogen-bond donors (Lipinski definition) is 2. The van der Waals surface area contributed by atoms with Gasteiger partial charge in [0.15, 0.2) is 0 Å². The Labute approximate surface area is 199 Å². The van der Waals surface area contributed by atoms with Crippen LogP contribution in [-0.2, 0) is 10.0 Å². The normalized spacial score (nSPS) is 13.9. The minimum atomic E-state index is -3.87. The van der Waals surface area contributed by atoms with Gasteiger partial charge in [-0.15, -0.1) is 0 Å².